The van der Waals surface area contributed by atoms with Crippen LogP contribution in [0.15, 0.2) is 140 Å². The van der Waals surface area contributed by atoms with Gasteiger partial charge >= 0.3 is 0 Å². The molecule has 9 aromatic rings. The van der Waals surface area contributed by atoms with Crippen molar-refractivity contribution in [3.05, 3.63) is 151 Å². The molecule has 0 bridgehead atoms. The van der Waals surface area contributed by atoms with Crippen molar-refractivity contribution < 1.29 is 0 Å². The highest BCUT2D eigenvalue weighted by Gasteiger charge is 2.36. The van der Waals surface area contributed by atoms with Gasteiger partial charge in [-0.05, 0) is 84.2 Å². The summed E-state index contributed by atoms with van der Waals surface area (Å²) in [5.74, 6) is 0. The summed E-state index contributed by atoms with van der Waals surface area (Å²) in [4.78, 5) is 0. The minimum Gasteiger partial charge on any atom is -0.309 e. The monoisotopic (exact) mass is 559 g/mol. The largest absolute Gasteiger partial charge is 0.309 e. The summed E-state index contributed by atoms with van der Waals surface area (Å²) in [6.07, 6.45) is 0. The van der Waals surface area contributed by atoms with E-state index in [4.69, 9.17) is 0 Å². The second-order valence-corrected chi connectivity index (χ2v) is 12.9. The van der Waals surface area contributed by atoms with Gasteiger partial charge in [0.1, 0.15) is 0 Å². The van der Waals surface area contributed by atoms with Crippen molar-refractivity contribution in [2.45, 2.75) is 19.3 Å². The van der Waals surface area contributed by atoms with Gasteiger partial charge < -0.3 is 4.57 Å². The van der Waals surface area contributed by atoms with Crippen LogP contribution in [-0.4, -0.2) is 4.57 Å². The van der Waals surface area contributed by atoms with Gasteiger partial charge in [-0.3, -0.25) is 0 Å². The Hall–Kier alpha value is -5.40. The Morgan fingerprint density at radius 3 is 1.89 bits per heavy atom. The molecule has 1 aliphatic carbocycles. The summed E-state index contributed by atoms with van der Waals surface area (Å²) in [7, 11) is 0. The predicted octanol–water partition coefficient (Wildman–Crippen LogP) is 11.7. The van der Waals surface area contributed by atoms with Gasteiger partial charge in [-0.25, -0.2) is 0 Å². The number of benzene rings is 8. The van der Waals surface area contributed by atoms with E-state index in [9.17, 15) is 0 Å². The Morgan fingerprint density at radius 1 is 0.432 bits per heavy atom. The molecule has 0 fully saturated rings. The lowest BCUT2D eigenvalue weighted by atomic mass is 9.82. The molecule has 0 radical (unpaired) electrons. The first-order valence-electron chi connectivity index (χ1n) is 15.5. The van der Waals surface area contributed by atoms with Crippen molar-refractivity contribution in [1.29, 1.82) is 0 Å². The molecule has 0 spiro atoms. The Balaban J connectivity index is 1.47. The third-order valence-corrected chi connectivity index (χ3v) is 10.3. The van der Waals surface area contributed by atoms with Crippen molar-refractivity contribution in [2.24, 2.45) is 0 Å². The van der Waals surface area contributed by atoms with E-state index in [0.717, 1.165) is 0 Å². The number of rotatable bonds is 1. The zero-order chi connectivity index (χ0) is 29.2. The maximum absolute atomic E-state index is 2.53. The molecular weight excluding hydrogens is 530 g/mol. The maximum atomic E-state index is 2.53. The average Bonchev–Trinajstić information content (AvgIpc) is 3.52. The van der Waals surface area contributed by atoms with Crippen LogP contribution >= 0.6 is 0 Å². The third-order valence-electron chi connectivity index (χ3n) is 10.3. The fourth-order valence-electron chi connectivity index (χ4n) is 8.35. The van der Waals surface area contributed by atoms with Gasteiger partial charge in [0.05, 0.1) is 11.0 Å². The smallest absolute Gasteiger partial charge is 0.0625 e. The summed E-state index contributed by atoms with van der Waals surface area (Å²) in [5.41, 5.74) is 9.20. The molecule has 1 heterocycles. The maximum Gasteiger partial charge on any atom is 0.0625 e. The van der Waals surface area contributed by atoms with E-state index < -0.39 is 0 Å². The first-order chi connectivity index (χ1) is 21.6. The Labute approximate surface area is 255 Å². The van der Waals surface area contributed by atoms with Crippen molar-refractivity contribution in [2.75, 3.05) is 0 Å². The van der Waals surface area contributed by atoms with Crippen LogP contribution in [0.4, 0.5) is 0 Å². The molecule has 44 heavy (non-hydrogen) atoms. The van der Waals surface area contributed by atoms with Crippen molar-refractivity contribution in [3.8, 4) is 16.8 Å². The van der Waals surface area contributed by atoms with Gasteiger partial charge in [-0.15, -0.1) is 0 Å². The van der Waals surface area contributed by atoms with Crippen LogP contribution in [0, 0.1) is 0 Å². The highest BCUT2D eigenvalue weighted by molar-refractivity contribution is 6.36. The molecule has 0 amide bonds. The molecule has 206 valence electrons. The highest BCUT2D eigenvalue weighted by Crippen LogP contribution is 2.52. The van der Waals surface area contributed by atoms with E-state index in [-0.39, 0.29) is 5.41 Å². The molecule has 0 saturated heterocycles. The van der Waals surface area contributed by atoms with Gasteiger partial charge in [0.25, 0.3) is 0 Å². The molecule has 0 aliphatic heterocycles. The predicted molar refractivity (Wildman–Crippen MR) is 188 cm³/mol. The highest BCUT2D eigenvalue weighted by atomic mass is 15.0. The van der Waals surface area contributed by atoms with Crippen LogP contribution in [-0.2, 0) is 5.41 Å². The number of fused-ring (bicyclic) bond motifs is 15. The van der Waals surface area contributed by atoms with Crippen LogP contribution in [0.5, 0.6) is 0 Å². The number of para-hydroxylation sites is 1. The molecule has 0 N–H and O–H groups in total. The van der Waals surface area contributed by atoms with Gasteiger partial charge in [0.15, 0.2) is 0 Å². The lowest BCUT2D eigenvalue weighted by molar-refractivity contribution is 0.661. The summed E-state index contributed by atoms with van der Waals surface area (Å²) in [6, 6.07) is 52.0. The standard InChI is InChI=1S/C43H29N/c1-43(2)37-19-11-10-16-29(37)35-24-36-34-23-22-33-32-21-20-26-12-6-7-15-28(26)40(32)30-17-8-9-18-31(30)41(33)42(34)44(39(36)25-38(35)43)27-13-4-3-5-14-27/h3-25H,1-2H3. The van der Waals surface area contributed by atoms with Crippen LogP contribution in [0.1, 0.15) is 25.0 Å². The summed E-state index contributed by atoms with van der Waals surface area (Å²) in [6.45, 7) is 4.75. The fraction of sp³-hybridized carbons (Fsp3) is 0.0698. The van der Waals surface area contributed by atoms with Crippen LogP contribution < -0.4 is 0 Å². The molecule has 1 nitrogen and oxygen atoms in total. The van der Waals surface area contributed by atoms with Gasteiger partial charge in [-0.2, -0.15) is 0 Å². The quantitative estimate of drug-likeness (QED) is 0.176. The minimum atomic E-state index is -0.0654. The van der Waals surface area contributed by atoms with Crippen LogP contribution in [0.25, 0.3) is 81.7 Å². The second-order valence-electron chi connectivity index (χ2n) is 12.9. The van der Waals surface area contributed by atoms with E-state index in [2.05, 4.69) is 158 Å². The van der Waals surface area contributed by atoms with Gasteiger partial charge in [0, 0.05) is 27.3 Å². The molecule has 0 atom stereocenters. The lowest BCUT2D eigenvalue weighted by Crippen LogP contribution is -2.14. The van der Waals surface area contributed by atoms with Crippen molar-refractivity contribution in [3.63, 3.8) is 0 Å². The molecule has 0 unspecified atom stereocenters. The Morgan fingerprint density at radius 2 is 1.05 bits per heavy atom. The van der Waals surface area contributed by atoms with Crippen LogP contribution in [0.2, 0.25) is 0 Å². The summed E-state index contributed by atoms with van der Waals surface area (Å²) < 4.78 is 2.53. The third kappa shape index (κ3) is 2.94. The van der Waals surface area contributed by atoms with Crippen molar-refractivity contribution >= 4 is 64.9 Å². The Bertz CT molecular complexity index is 2650. The van der Waals surface area contributed by atoms with E-state index in [1.165, 1.54) is 92.8 Å². The minimum absolute atomic E-state index is 0.0654. The number of hydrogen-bond acceptors (Lipinski definition) is 0. The van der Waals surface area contributed by atoms with E-state index in [0.29, 0.717) is 0 Å². The summed E-state index contributed by atoms with van der Waals surface area (Å²) >= 11 is 0. The fourth-order valence-corrected chi connectivity index (χ4v) is 8.35. The molecule has 1 aromatic heterocycles. The van der Waals surface area contributed by atoms with E-state index in [1.807, 2.05) is 0 Å². The molecular formula is C43H29N. The zero-order valence-corrected chi connectivity index (χ0v) is 24.7. The van der Waals surface area contributed by atoms with E-state index >= 15 is 0 Å². The SMILES string of the molecule is CC1(C)c2ccccc2-c2cc3c4ccc5c6ccc7ccccc7c6c6ccccc6c5c4n(-c4ccccc4)c3cc21. The summed E-state index contributed by atoms with van der Waals surface area (Å²) in [5, 5.41) is 13.1. The molecule has 10 rings (SSSR count). The van der Waals surface area contributed by atoms with Crippen LogP contribution in [0.3, 0.4) is 0 Å². The number of nitrogens with zero attached hydrogens (tertiary/aromatic N) is 1. The average molecular weight is 560 g/mol. The van der Waals surface area contributed by atoms with Gasteiger partial charge in [-0.1, -0.05) is 129 Å². The lowest BCUT2D eigenvalue weighted by Gasteiger charge is -2.21. The van der Waals surface area contributed by atoms with E-state index in [1.54, 1.807) is 0 Å². The molecule has 0 saturated carbocycles. The first-order valence-corrected chi connectivity index (χ1v) is 15.5. The molecule has 8 aromatic carbocycles. The van der Waals surface area contributed by atoms with Crippen molar-refractivity contribution in [1.82, 2.24) is 4.57 Å². The number of aromatic nitrogens is 1. The second kappa shape index (κ2) is 8.36. The molecule has 1 heteroatoms. The zero-order valence-electron chi connectivity index (χ0n) is 24.7. The molecule has 1 aliphatic rings. The Kier molecular flexibility index (Phi) is 4.58. The first kappa shape index (κ1) is 24.1. The topological polar surface area (TPSA) is 4.93 Å². The van der Waals surface area contributed by atoms with Gasteiger partial charge in [0.2, 0.25) is 0 Å². The normalized spacial score (nSPS) is 13.9. The number of hydrogen-bond donors (Lipinski definition) is 0.